The number of nitrogens with zero attached hydrogens (tertiary/aromatic N) is 2. The number of rotatable bonds is 6. The largest absolute Gasteiger partial charge is 0.495 e. The van der Waals surface area contributed by atoms with Crippen molar-refractivity contribution < 1.29 is 9.53 Å². The first kappa shape index (κ1) is 15.0. The average Bonchev–Trinajstić information content (AvgIpc) is 3.09. The Morgan fingerprint density at radius 2 is 2.20 bits per heavy atom. The Morgan fingerprint density at radius 1 is 1.40 bits per heavy atom. The van der Waals surface area contributed by atoms with Crippen LogP contribution in [-0.4, -0.2) is 35.5 Å². The quantitative estimate of drug-likeness (QED) is 0.822. The zero-order chi connectivity index (χ0) is 14.5. The van der Waals surface area contributed by atoms with Gasteiger partial charge in [0, 0.05) is 30.6 Å². The van der Waals surface area contributed by atoms with Gasteiger partial charge in [0.2, 0.25) is 0 Å². The molecule has 0 N–H and O–H groups in total. The number of amides is 1. The average molecular weight is 310 g/mol. The van der Waals surface area contributed by atoms with E-state index < -0.39 is 0 Å². The molecule has 0 fully saturated rings. The molecule has 0 aliphatic carbocycles. The Morgan fingerprint density at radius 3 is 2.80 bits per heavy atom. The molecule has 6 heteroatoms. The smallest absolute Gasteiger partial charge is 0.267 e. The van der Waals surface area contributed by atoms with Gasteiger partial charge in [-0.15, -0.1) is 22.7 Å². The maximum atomic E-state index is 12.6. The number of aromatic nitrogens is 1. The molecule has 0 radical (unpaired) electrons. The lowest BCUT2D eigenvalue weighted by Crippen LogP contribution is -2.38. The SMILES string of the molecule is COc1ccsc1C(=O)N(CCc1nccs1)C(C)C. The molecule has 2 aromatic rings. The van der Waals surface area contributed by atoms with Gasteiger partial charge in [0.25, 0.3) is 5.91 Å². The minimum absolute atomic E-state index is 0.0309. The minimum Gasteiger partial charge on any atom is -0.495 e. The van der Waals surface area contributed by atoms with Crippen molar-refractivity contribution >= 4 is 28.6 Å². The fourth-order valence-corrected chi connectivity index (χ4v) is 3.35. The number of carbonyl (C=O) groups excluding carboxylic acids is 1. The first-order valence-corrected chi connectivity index (χ1v) is 8.20. The fourth-order valence-electron chi connectivity index (χ4n) is 1.93. The third-order valence-electron chi connectivity index (χ3n) is 2.98. The van der Waals surface area contributed by atoms with Crippen molar-refractivity contribution in [2.75, 3.05) is 13.7 Å². The van der Waals surface area contributed by atoms with Crippen LogP contribution in [0.25, 0.3) is 0 Å². The Kier molecular flexibility index (Phi) is 5.14. The molecule has 2 aromatic heterocycles. The fraction of sp³-hybridized carbons (Fsp3) is 0.429. The molecule has 0 aliphatic rings. The third-order valence-corrected chi connectivity index (χ3v) is 4.70. The molecule has 0 saturated heterocycles. The van der Waals surface area contributed by atoms with E-state index in [-0.39, 0.29) is 11.9 Å². The van der Waals surface area contributed by atoms with Crippen LogP contribution in [0.15, 0.2) is 23.0 Å². The Bertz CT molecular complexity index is 549. The number of ether oxygens (including phenoxy) is 1. The molecule has 0 unspecified atom stereocenters. The number of methoxy groups -OCH3 is 1. The van der Waals surface area contributed by atoms with Crippen LogP contribution in [0.2, 0.25) is 0 Å². The van der Waals surface area contributed by atoms with Gasteiger partial charge in [-0.1, -0.05) is 0 Å². The van der Waals surface area contributed by atoms with Crippen LogP contribution in [0, 0.1) is 0 Å². The lowest BCUT2D eigenvalue weighted by molar-refractivity contribution is 0.0710. The van der Waals surface area contributed by atoms with Gasteiger partial charge in [-0.2, -0.15) is 0 Å². The summed E-state index contributed by atoms with van der Waals surface area (Å²) in [6, 6.07) is 1.98. The monoisotopic (exact) mass is 310 g/mol. The summed E-state index contributed by atoms with van der Waals surface area (Å²) in [7, 11) is 1.59. The Hall–Kier alpha value is -1.40. The van der Waals surface area contributed by atoms with Gasteiger partial charge in [-0.05, 0) is 25.3 Å². The number of thiophene rings is 1. The second-order valence-electron chi connectivity index (χ2n) is 4.59. The molecule has 4 nitrogen and oxygen atoms in total. The van der Waals surface area contributed by atoms with E-state index in [9.17, 15) is 4.79 Å². The highest BCUT2D eigenvalue weighted by Crippen LogP contribution is 2.26. The maximum absolute atomic E-state index is 12.6. The lowest BCUT2D eigenvalue weighted by Gasteiger charge is -2.26. The molecule has 0 spiro atoms. The van der Waals surface area contributed by atoms with Gasteiger partial charge in [0.05, 0.1) is 12.1 Å². The molecular formula is C14H18N2O2S2. The maximum Gasteiger partial charge on any atom is 0.267 e. The van der Waals surface area contributed by atoms with Gasteiger partial charge in [-0.3, -0.25) is 4.79 Å². The summed E-state index contributed by atoms with van der Waals surface area (Å²) in [6.45, 7) is 4.73. The number of hydrogen-bond donors (Lipinski definition) is 0. The topological polar surface area (TPSA) is 42.4 Å². The van der Waals surface area contributed by atoms with Gasteiger partial charge >= 0.3 is 0 Å². The van der Waals surface area contributed by atoms with Crippen molar-refractivity contribution in [2.45, 2.75) is 26.3 Å². The van der Waals surface area contributed by atoms with E-state index in [1.807, 2.05) is 35.6 Å². The molecule has 0 saturated carbocycles. The summed E-state index contributed by atoms with van der Waals surface area (Å²) in [5.41, 5.74) is 0. The molecule has 1 amide bonds. The van der Waals surface area contributed by atoms with Crippen molar-refractivity contribution in [3.05, 3.63) is 32.9 Å². The molecule has 0 aromatic carbocycles. The van der Waals surface area contributed by atoms with E-state index in [0.29, 0.717) is 17.2 Å². The molecule has 2 rings (SSSR count). The van der Waals surface area contributed by atoms with Crippen molar-refractivity contribution in [2.24, 2.45) is 0 Å². The van der Waals surface area contributed by atoms with Crippen LogP contribution >= 0.6 is 22.7 Å². The van der Waals surface area contributed by atoms with Crippen LogP contribution in [0.5, 0.6) is 5.75 Å². The van der Waals surface area contributed by atoms with E-state index in [1.54, 1.807) is 24.6 Å². The third kappa shape index (κ3) is 3.37. The zero-order valence-electron chi connectivity index (χ0n) is 11.8. The van der Waals surface area contributed by atoms with Gasteiger partial charge < -0.3 is 9.64 Å². The van der Waals surface area contributed by atoms with Gasteiger partial charge in [-0.25, -0.2) is 4.98 Å². The summed E-state index contributed by atoms with van der Waals surface area (Å²) in [5.74, 6) is 0.684. The molecule has 0 aliphatic heterocycles. The predicted molar refractivity (Wildman–Crippen MR) is 82.9 cm³/mol. The van der Waals surface area contributed by atoms with Crippen molar-refractivity contribution in [1.29, 1.82) is 0 Å². The van der Waals surface area contributed by atoms with Crippen LogP contribution < -0.4 is 4.74 Å². The summed E-state index contributed by atoms with van der Waals surface area (Å²) in [4.78, 5) is 19.4. The van der Waals surface area contributed by atoms with Crippen LogP contribution in [0.4, 0.5) is 0 Å². The van der Waals surface area contributed by atoms with Crippen LogP contribution in [0.3, 0.4) is 0 Å². The molecular weight excluding hydrogens is 292 g/mol. The van der Waals surface area contributed by atoms with Crippen molar-refractivity contribution in [3.63, 3.8) is 0 Å². The lowest BCUT2D eigenvalue weighted by atomic mass is 10.2. The molecule has 108 valence electrons. The van der Waals surface area contributed by atoms with E-state index in [0.717, 1.165) is 11.4 Å². The van der Waals surface area contributed by atoms with E-state index in [2.05, 4.69) is 4.98 Å². The Balaban J connectivity index is 2.10. The zero-order valence-corrected chi connectivity index (χ0v) is 13.5. The summed E-state index contributed by atoms with van der Waals surface area (Å²) in [5, 5.41) is 4.89. The first-order chi connectivity index (χ1) is 9.63. The van der Waals surface area contributed by atoms with Crippen molar-refractivity contribution in [3.8, 4) is 5.75 Å². The van der Waals surface area contributed by atoms with E-state index in [1.165, 1.54) is 11.3 Å². The number of carbonyl (C=O) groups is 1. The predicted octanol–water partition coefficient (Wildman–Crippen LogP) is 3.31. The number of hydrogen-bond acceptors (Lipinski definition) is 5. The second-order valence-corrected chi connectivity index (χ2v) is 6.48. The van der Waals surface area contributed by atoms with Gasteiger partial charge in [0.1, 0.15) is 10.6 Å². The highest BCUT2D eigenvalue weighted by Gasteiger charge is 2.23. The minimum atomic E-state index is 0.0309. The molecule has 20 heavy (non-hydrogen) atoms. The molecule has 0 bridgehead atoms. The van der Waals surface area contributed by atoms with Gasteiger partial charge in [0.15, 0.2) is 0 Å². The summed E-state index contributed by atoms with van der Waals surface area (Å²) in [6.07, 6.45) is 2.58. The van der Waals surface area contributed by atoms with Crippen LogP contribution in [0.1, 0.15) is 28.5 Å². The standard InChI is InChI=1S/C14H18N2O2S2/c1-10(2)16(7-4-12-15-6-9-19-12)14(17)13-11(18-3)5-8-20-13/h5-6,8-10H,4,7H2,1-3H3. The van der Waals surface area contributed by atoms with E-state index >= 15 is 0 Å². The summed E-state index contributed by atoms with van der Waals surface area (Å²) >= 11 is 3.04. The molecule has 0 atom stereocenters. The van der Waals surface area contributed by atoms with E-state index in [4.69, 9.17) is 4.74 Å². The Labute approximate surface area is 127 Å². The van der Waals surface area contributed by atoms with Crippen molar-refractivity contribution in [1.82, 2.24) is 9.88 Å². The summed E-state index contributed by atoms with van der Waals surface area (Å²) < 4.78 is 5.24. The van der Waals surface area contributed by atoms with Crippen LogP contribution in [-0.2, 0) is 6.42 Å². The first-order valence-electron chi connectivity index (χ1n) is 6.44. The highest BCUT2D eigenvalue weighted by atomic mass is 32.1. The normalized spacial score (nSPS) is 10.8. The second kappa shape index (κ2) is 6.85. The highest BCUT2D eigenvalue weighted by molar-refractivity contribution is 7.12. The number of thiazole rings is 1. The molecule has 2 heterocycles.